The quantitative estimate of drug-likeness (QED) is 0.747. The van der Waals surface area contributed by atoms with Gasteiger partial charge in [-0.1, -0.05) is 36.4 Å². The van der Waals surface area contributed by atoms with Gasteiger partial charge >= 0.3 is 0 Å². The van der Waals surface area contributed by atoms with E-state index in [0.717, 1.165) is 27.6 Å². The van der Waals surface area contributed by atoms with Crippen molar-refractivity contribution in [1.29, 1.82) is 5.26 Å². The van der Waals surface area contributed by atoms with Gasteiger partial charge in [0.15, 0.2) is 0 Å². The minimum Gasteiger partial charge on any atom is -0.440 e. The summed E-state index contributed by atoms with van der Waals surface area (Å²) in [5, 5.41) is 11.6. The zero-order valence-corrected chi connectivity index (χ0v) is 12.2. The number of benzene rings is 2. The van der Waals surface area contributed by atoms with Gasteiger partial charge in [-0.2, -0.15) is 5.26 Å². The molecule has 1 aliphatic heterocycles. The summed E-state index contributed by atoms with van der Waals surface area (Å²) in [7, 11) is 0. The van der Waals surface area contributed by atoms with Crippen molar-refractivity contribution < 1.29 is 4.74 Å². The summed E-state index contributed by atoms with van der Waals surface area (Å²) in [5.41, 5.74) is 8.39. The second-order valence-corrected chi connectivity index (χ2v) is 5.41. The molecule has 0 fully saturated rings. The van der Waals surface area contributed by atoms with E-state index in [-0.39, 0.29) is 11.8 Å². The average molecular weight is 299 g/mol. The minimum absolute atomic E-state index is 0.165. The average Bonchev–Trinajstić information content (AvgIpc) is 2.61. The van der Waals surface area contributed by atoms with Crippen molar-refractivity contribution in [1.82, 2.24) is 4.98 Å². The summed E-state index contributed by atoms with van der Waals surface area (Å²) >= 11 is 0. The van der Waals surface area contributed by atoms with Crippen LogP contribution in [0.2, 0.25) is 0 Å². The number of nitrogens with zero attached hydrogens (tertiary/aromatic N) is 2. The summed E-state index contributed by atoms with van der Waals surface area (Å²) in [4.78, 5) is 4.05. The third kappa shape index (κ3) is 2.02. The van der Waals surface area contributed by atoms with Crippen LogP contribution in [0.1, 0.15) is 17.0 Å². The molecule has 2 aromatic carbocycles. The number of hydrogen-bond donors (Lipinski definition) is 1. The van der Waals surface area contributed by atoms with Gasteiger partial charge < -0.3 is 10.5 Å². The molecule has 2 heterocycles. The van der Waals surface area contributed by atoms with Crippen LogP contribution in [-0.2, 0) is 0 Å². The van der Waals surface area contributed by atoms with E-state index < -0.39 is 0 Å². The fourth-order valence-corrected chi connectivity index (χ4v) is 3.09. The lowest BCUT2D eigenvalue weighted by molar-refractivity contribution is 0.398. The van der Waals surface area contributed by atoms with E-state index >= 15 is 0 Å². The molecular formula is C19H13N3O. The molecule has 0 saturated heterocycles. The molecule has 1 aromatic heterocycles. The first kappa shape index (κ1) is 13.4. The van der Waals surface area contributed by atoms with Crippen molar-refractivity contribution in [3.05, 3.63) is 83.5 Å². The molecule has 2 N–H and O–H groups in total. The minimum atomic E-state index is -0.239. The van der Waals surface area contributed by atoms with Crippen LogP contribution < -0.4 is 10.5 Å². The van der Waals surface area contributed by atoms with Gasteiger partial charge in [-0.05, 0) is 23.1 Å². The lowest BCUT2D eigenvalue weighted by atomic mass is 9.83. The fourth-order valence-electron chi connectivity index (χ4n) is 3.09. The number of allylic oxidation sites excluding steroid dienone is 1. The Bertz CT molecular complexity index is 971. The molecule has 4 nitrogen and oxygen atoms in total. The molecule has 4 heteroatoms. The van der Waals surface area contributed by atoms with Crippen molar-refractivity contribution >= 4 is 10.8 Å². The van der Waals surface area contributed by atoms with E-state index in [0.29, 0.717) is 5.57 Å². The molecule has 0 spiro atoms. The Kier molecular flexibility index (Phi) is 2.99. The van der Waals surface area contributed by atoms with Crippen LogP contribution in [-0.4, -0.2) is 4.98 Å². The van der Waals surface area contributed by atoms with Crippen LogP contribution in [0.4, 0.5) is 0 Å². The van der Waals surface area contributed by atoms with Crippen LogP contribution in [0, 0.1) is 11.3 Å². The summed E-state index contributed by atoms with van der Waals surface area (Å²) in [6, 6.07) is 18.0. The van der Waals surface area contributed by atoms with E-state index in [1.54, 1.807) is 12.4 Å². The number of fused-ring (bicyclic) bond motifs is 3. The largest absolute Gasteiger partial charge is 0.440 e. The van der Waals surface area contributed by atoms with Gasteiger partial charge in [-0.15, -0.1) is 0 Å². The van der Waals surface area contributed by atoms with Crippen LogP contribution in [0.3, 0.4) is 0 Å². The smallest absolute Gasteiger partial charge is 0.205 e. The van der Waals surface area contributed by atoms with Crippen LogP contribution in [0.5, 0.6) is 5.75 Å². The maximum Gasteiger partial charge on any atom is 0.205 e. The number of hydrogen-bond acceptors (Lipinski definition) is 4. The first-order chi connectivity index (χ1) is 11.3. The van der Waals surface area contributed by atoms with Gasteiger partial charge in [0, 0.05) is 23.3 Å². The molecule has 4 rings (SSSR count). The van der Waals surface area contributed by atoms with Gasteiger partial charge in [0.05, 0.1) is 5.92 Å². The Balaban J connectivity index is 2.03. The maximum atomic E-state index is 9.55. The number of nitrogens with two attached hydrogens (primary N) is 1. The first-order valence-electron chi connectivity index (χ1n) is 7.29. The summed E-state index contributed by atoms with van der Waals surface area (Å²) in [6.45, 7) is 0. The highest BCUT2D eigenvalue weighted by Gasteiger charge is 2.31. The predicted octanol–water partition coefficient (Wildman–Crippen LogP) is 3.45. The van der Waals surface area contributed by atoms with Crippen molar-refractivity contribution in [2.45, 2.75) is 5.92 Å². The summed E-state index contributed by atoms with van der Waals surface area (Å²) in [6.07, 6.45) is 3.44. The number of pyridine rings is 1. The molecule has 0 aliphatic carbocycles. The molecule has 0 bridgehead atoms. The molecule has 1 atom stereocenters. The monoisotopic (exact) mass is 299 g/mol. The summed E-state index contributed by atoms with van der Waals surface area (Å²) < 4.78 is 5.82. The van der Waals surface area contributed by atoms with Gasteiger partial charge in [-0.3, -0.25) is 4.98 Å². The molecule has 1 aliphatic rings. The number of rotatable bonds is 1. The third-order valence-corrected chi connectivity index (χ3v) is 4.15. The van der Waals surface area contributed by atoms with Crippen molar-refractivity contribution in [3.8, 4) is 11.8 Å². The highest BCUT2D eigenvalue weighted by Crippen LogP contribution is 2.44. The third-order valence-electron chi connectivity index (χ3n) is 4.15. The lowest BCUT2D eigenvalue weighted by Crippen LogP contribution is -2.21. The molecule has 3 aromatic rings. The Hall–Kier alpha value is -3.32. The second-order valence-electron chi connectivity index (χ2n) is 5.41. The Labute approximate surface area is 133 Å². The second kappa shape index (κ2) is 5.15. The van der Waals surface area contributed by atoms with E-state index in [9.17, 15) is 5.26 Å². The van der Waals surface area contributed by atoms with Gasteiger partial charge in [0.25, 0.3) is 0 Å². The Morgan fingerprint density at radius 1 is 1.04 bits per heavy atom. The Morgan fingerprint density at radius 2 is 1.83 bits per heavy atom. The van der Waals surface area contributed by atoms with E-state index in [1.165, 1.54) is 0 Å². The zero-order valence-electron chi connectivity index (χ0n) is 12.2. The van der Waals surface area contributed by atoms with Crippen LogP contribution >= 0.6 is 0 Å². The molecule has 0 radical (unpaired) electrons. The topological polar surface area (TPSA) is 71.9 Å². The van der Waals surface area contributed by atoms with Crippen molar-refractivity contribution in [2.75, 3.05) is 0 Å². The Morgan fingerprint density at radius 3 is 2.61 bits per heavy atom. The fraction of sp³-hybridized carbons (Fsp3) is 0.0526. The van der Waals surface area contributed by atoms with E-state index in [4.69, 9.17) is 10.5 Å². The van der Waals surface area contributed by atoms with Crippen LogP contribution in [0.25, 0.3) is 10.8 Å². The van der Waals surface area contributed by atoms with Gasteiger partial charge in [0.2, 0.25) is 5.88 Å². The zero-order chi connectivity index (χ0) is 15.8. The highest BCUT2D eigenvalue weighted by atomic mass is 16.5. The van der Waals surface area contributed by atoms with Crippen molar-refractivity contribution in [3.63, 3.8) is 0 Å². The molecular weight excluding hydrogens is 286 g/mol. The van der Waals surface area contributed by atoms with Gasteiger partial charge in [0.1, 0.15) is 17.4 Å². The van der Waals surface area contributed by atoms with E-state index in [2.05, 4.69) is 11.1 Å². The summed E-state index contributed by atoms with van der Waals surface area (Å²) in [5.74, 6) is 0.649. The van der Waals surface area contributed by atoms with Gasteiger partial charge in [-0.25, -0.2) is 0 Å². The number of aromatic nitrogens is 1. The SMILES string of the molecule is N#CC1=C(N)Oc2c(ccc3ccccc23)C1c1ccncc1. The standard InChI is InChI=1S/C19H13N3O/c20-11-16-17(13-7-9-22-10-8-13)15-6-5-12-3-1-2-4-14(12)18(15)23-19(16)21/h1-10,17H,21H2. The molecule has 1 unspecified atom stereocenters. The first-order valence-corrected chi connectivity index (χ1v) is 7.29. The molecule has 23 heavy (non-hydrogen) atoms. The lowest BCUT2D eigenvalue weighted by Gasteiger charge is -2.27. The highest BCUT2D eigenvalue weighted by molar-refractivity contribution is 5.90. The van der Waals surface area contributed by atoms with E-state index in [1.807, 2.05) is 48.5 Å². The van der Waals surface area contributed by atoms with Crippen LogP contribution in [0.15, 0.2) is 72.4 Å². The predicted molar refractivity (Wildman–Crippen MR) is 87.5 cm³/mol. The normalized spacial score (nSPS) is 16.6. The maximum absolute atomic E-state index is 9.55. The molecule has 110 valence electrons. The molecule has 0 saturated carbocycles. The number of ether oxygens (including phenoxy) is 1. The molecule has 0 amide bonds. The van der Waals surface area contributed by atoms with Crippen molar-refractivity contribution in [2.24, 2.45) is 5.73 Å². The number of nitriles is 1.